The molecule has 1 atom stereocenters. The van der Waals surface area contributed by atoms with Crippen molar-refractivity contribution in [2.24, 2.45) is 5.84 Å². The Kier molecular flexibility index (Phi) is 5.58. The minimum absolute atomic E-state index is 0.0241. The molecule has 2 rings (SSSR count). The van der Waals surface area contributed by atoms with Crippen molar-refractivity contribution in [3.63, 3.8) is 0 Å². The highest BCUT2D eigenvalue weighted by molar-refractivity contribution is 5.32. The zero-order valence-electron chi connectivity index (χ0n) is 13.3. The number of morpholine rings is 1. The molecule has 0 saturated carbocycles. The van der Waals surface area contributed by atoms with Crippen molar-refractivity contribution in [2.45, 2.75) is 32.4 Å². The van der Waals surface area contributed by atoms with Crippen LogP contribution in [0, 0.1) is 0 Å². The highest BCUT2D eigenvalue weighted by Gasteiger charge is 2.36. The van der Waals surface area contributed by atoms with E-state index < -0.39 is 0 Å². The van der Waals surface area contributed by atoms with E-state index in [2.05, 4.69) is 36.3 Å². The summed E-state index contributed by atoms with van der Waals surface area (Å²) in [6.07, 6.45) is 0. The second kappa shape index (κ2) is 7.22. The maximum Gasteiger partial charge on any atom is 0.119 e. The molecule has 0 radical (unpaired) electrons. The van der Waals surface area contributed by atoms with Gasteiger partial charge in [-0.25, -0.2) is 0 Å². The van der Waals surface area contributed by atoms with E-state index in [4.69, 9.17) is 15.3 Å². The van der Waals surface area contributed by atoms with Crippen LogP contribution in [0.3, 0.4) is 0 Å². The van der Waals surface area contributed by atoms with Gasteiger partial charge in [-0.1, -0.05) is 12.1 Å². The lowest BCUT2D eigenvalue weighted by Gasteiger charge is -2.45. The van der Waals surface area contributed by atoms with E-state index in [1.807, 2.05) is 19.1 Å². The quantitative estimate of drug-likeness (QED) is 0.617. The Labute approximate surface area is 127 Å². The van der Waals surface area contributed by atoms with Crippen LogP contribution in [0.1, 0.15) is 32.4 Å². The van der Waals surface area contributed by atoms with E-state index in [1.54, 1.807) is 0 Å². The van der Waals surface area contributed by atoms with Crippen LogP contribution in [0.15, 0.2) is 24.3 Å². The van der Waals surface area contributed by atoms with Gasteiger partial charge in [0.1, 0.15) is 5.75 Å². The number of nitrogens with two attached hydrogens (primary N) is 1. The number of ether oxygens (including phenoxy) is 2. The highest BCUT2D eigenvalue weighted by atomic mass is 16.5. The third-order valence-electron chi connectivity index (χ3n) is 4.20. The fourth-order valence-corrected chi connectivity index (χ4v) is 2.98. The van der Waals surface area contributed by atoms with E-state index in [0.29, 0.717) is 6.61 Å². The van der Waals surface area contributed by atoms with Gasteiger partial charge < -0.3 is 9.47 Å². The fourth-order valence-electron chi connectivity index (χ4n) is 2.98. The summed E-state index contributed by atoms with van der Waals surface area (Å²) in [6, 6.07) is 8.17. The molecule has 0 aromatic heterocycles. The molecule has 1 aliphatic rings. The van der Waals surface area contributed by atoms with Crippen molar-refractivity contribution < 1.29 is 9.47 Å². The number of rotatable bonds is 6. The number of hydrazine groups is 1. The Hall–Kier alpha value is -1.14. The molecular weight excluding hydrogens is 266 g/mol. The molecule has 0 spiro atoms. The summed E-state index contributed by atoms with van der Waals surface area (Å²) in [7, 11) is 0. The van der Waals surface area contributed by atoms with E-state index >= 15 is 0 Å². The molecule has 0 bridgehead atoms. The van der Waals surface area contributed by atoms with E-state index in [1.165, 1.54) is 0 Å². The highest BCUT2D eigenvalue weighted by Crippen LogP contribution is 2.32. The van der Waals surface area contributed by atoms with E-state index in [-0.39, 0.29) is 11.6 Å². The van der Waals surface area contributed by atoms with Crippen LogP contribution in [0.2, 0.25) is 0 Å². The van der Waals surface area contributed by atoms with Crippen LogP contribution in [0.5, 0.6) is 5.75 Å². The van der Waals surface area contributed by atoms with Gasteiger partial charge in [0.15, 0.2) is 0 Å². The molecule has 1 aromatic carbocycles. The second-order valence-corrected chi connectivity index (χ2v) is 5.86. The van der Waals surface area contributed by atoms with Crippen LogP contribution in [-0.4, -0.2) is 43.3 Å². The minimum Gasteiger partial charge on any atom is -0.494 e. The van der Waals surface area contributed by atoms with E-state index in [9.17, 15) is 0 Å². The van der Waals surface area contributed by atoms with Crippen molar-refractivity contribution in [2.75, 3.05) is 32.9 Å². The van der Waals surface area contributed by atoms with Crippen LogP contribution in [-0.2, 0) is 4.74 Å². The van der Waals surface area contributed by atoms with Crippen molar-refractivity contribution in [1.82, 2.24) is 10.3 Å². The molecule has 1 aromatic rings. The zero-order valence-corrected chi connectivity index (χ0v) is 13.3. The summed E-state index contributed by atoms with van der Waals surface area (Å²) in [5.74, 6) is 6.76. The first kappa shape index (κ1) is 16.2. The van der Waals surface area contributed by atoms with E-state index in [0.717, 1.165) is 37.6 Å². The van der Waals surface area contributed by atoms with Gasteiger partial charge >= 0.3 is 0 Å². The second-order valence-electron chi connectivity index (χ2n) is 5.86. The number of nitrogens with zero attached hydrogens (tertiary/aromatic N) is 1. The Bertz CT molecular complexity index is 445. The van der Waals surface area contributed by atoms with Gasteiger partial charge in [0.25, 0.3) is 0 Å². The van der Waals surface area contributed by atoms with Gasteiger partial charge in [-0.15, -0.1) is 0 Å². The van der Waals surface area contributed by atoms with Gasteiger partial charge in [-0.3, -0.25) is 16.2 Å². The smallest absolute Gasteiger partial charge is 0.119 e. The minimum atomic E-state index is -0.108. The van der Waals surface area contributed by atoms with Crippen LogP contribution in [0.25, 0.3) is 0 Å². The monoisotopic (exact) mass is 293 g/mol. The zero-order chi connectivity index (χ0) is 15.3. The Balaban J connectivity index is 2.22. The number of nitrogens with one attached hydrogen (secondary N) is 1. The number of benzene rings is 1. The molecule has 3 N–H and O–H groups in total. The van der Waals surface area contributed by atoms with Gasteiger partial charge in [0.2, 0.25) is 0 Å². The molecule has 0 aliphatic carbocycles. The lowest BCUT2D eigenvalue weighted by atomic mass is 9.87. The summed E-state index contributed by atoms with van der Waals surface area (Å²) in [5.41, 5.74) is 4.02. The predicted octanol–water partition coefficient (Wildman–Crippen LogP) is 1.70. The molecular formula is C16H27N3O2. The standard InChI is InChI=1S/C16H27N3O2/c1-4-21-14-7-5-6-13(12-14)15(18-17)16(2,3)19-8-10-20-11-9-19/h5-7,12,15,18H,4,8-11,17H2,1-3H3. The molecule has 5 nitrogen and oxygen atoms in total. The molecule has 1 heterocycles. The van der Waals surface area contributed by atoms with Crippen molar-refractivity contribution in [1.29, 1.82) is 0 Å². The SMILES string of the molecule is CCOc1cccc(C(NN)C(C)(C)N2CCOCC2)c1. The Morgan fingerprint density at radius 1 is 1.38 bits per heavy atom. The Morgan fingerprint density at radius 2 is 2.10 bits per heavy atom. The molecule has 1 aliphatic heterocycles. The summed E-state index contributed by atoms with van der Waals surface area (Å²) in [4.78, 5) is 2.42. The third kappa shape index (κ3) is 3.74. The molecule has 5 heteroatoms. The number of hydrogen-bond donors (Lipinski definition) is 2. The largest absolute Gasteiger partial charge is 0.494 e. The Morgan fingerprint density at radius 3 is 2.71 bits per heavy atom. The maximum absolute atomic E-state index is 5.87. The summed E-state index contributed by atoms with van der Waals surface area (Å²) >= 11 is 0. The lowest BCUT2D eigenvalue weighted by molar-refractivity contribution is -0.0238. The maximum atomic E-state index is 5.87. The van der Waals surface area contributed by atoms with Crippen LogP contribution in [0.4, 0.5) is 0 Å². The predicted molar refractivity (Wildman–Crippen MR) is 84.1 cm³/mol. The van der Waals surface area contributed by atoms with Crippen molar-refractivity contribution in [3.8, 4) is 5.75 Å². The van der Waals surface area contributed by atoms with Crippen LogP contribution < -0.4 is 16.0 Å². The van der Waals surface area contributed by atoms with Crippen LogP contribution >= 0.6 is 0 Å². The summed E-state index contributed by atoms with van der Waals surface area (Å²) in [6.45, 7) is 10.5. The first-order valence-corrected chi connectivity index (χ1v) is 7.61. The van der Waals surface area contributed by atoms with Gasteiger partial charge in [-0.2, -0.15) is 0 Å². The van der Waals surface area contributed by atoms with Crippen molar-refractivity contribution in [3.05, 3.63) is 29.8 Å². The topological polar surface area (TPSA) is 59.8 Å². The third-order valence-corrected chi connectivity index (χ3v) is 4.20. The van der Waals surface area contributed by atoms with Gasteiger partial charge in [0, 0.05) is 18.6 Å². The fraction of sp³-hybridized carbons (Fsp3) is 0.625. The molecule has 0 amide bonds. The average Bonchev–Trinajstić information content (AvgIpc) is 2.49. The summed E-state index contributed by atoms with van der Waals surface area (Å²) < 4.78 is 11.0. The first-order valence-electron chi connectivity index (χ1n) is 7.61. The van der Waals surface area contributed by atoms with Gasteiger partial charge in [-0.05, 0) is 38.5 Å². The molecule has 21 heavy (non-hydrogen) atoms. The molecule has 118 valence electrons. The molecule has 1 fully saturated rings. The van der Waals surface area contributed by atoms with Crippen molar-refractivity contribution >= 4 is 0 Å². The average molecular weight is 293 g/mol. The normalized spacial score (nSPS) is 18.5. The summed E-state index contributed by atoms with van der Waals surface area (Å²) in [5, 5.41) is 0. The molecule has 1 saturated heterocycles. The van der Waals surface area contributed by atoms with Gasteiger partial charge in [0.05, 0.1) is 25.9 Å². The molecule has 1 unspecified atom stereocenters. The number of hydrogen-bond acceptors (Lipinski definition) is 5. The lowest BCUT2D eigenvalue weighted by Crippen LogP contribution is -2.57. The first-order chi connectivity index (χ1) is 10.1.